The molecule has 0 fully saturated rings. The summed E-state index contributed by atoms with van der Waals surface area (Å²) in [6.45, 7) is 4.94. The van der Waals surface area contributed by atoms with E-state index in [2.05, 4.69) is 27.3 Å². The summed E-state index contributed by atoms with van der Waals surface area (Å²) >= 11 is 0. The highest BCUT2D eigenvalue weighted by molar-refractivity contribution is 5.81. The van der Waals surface area contributed by atoms with Crippen LogP contribution in [-0.4, -0.2) is 40.2 Å². The van der Waals surface area contributed by atoms with E-state index in [9.17, 15) is 4.79 Å². The Bertz CT molecular complexity index is 1030. The molecule has 1 aliphatic rings. The number of benzene rings is 1. The molecule has 4 bridgehead atoms. The van der Waals surface area contributed by atoms with Crippen LogP contribution in [0.3, 0.4) is 0 Å². The Hall–Kier alpha value is -3.55. The van der Waals surface area contributed by atoms with E-state index < -0.39 is 0 Å². The lowest BCUT2D eigenvalue weighted by molar-refractivity contribution is -0.123. The molecule has 3 heterocycles. The molecule has 8 nitrogen and oxygen atoms in total. The number of anilines is 1. The Morgan fingerprint density at radius 2 is 2.11 bits per heavy atom. The van der Waals surface area contributed by atoms with Gasteiger partial charge in [0.2, 0.25) is 0 Å². The highest BCUT2D eigenvalue weighted by Crippen LogP contribution is 2.31. The molecular weight excluding hydrogens is 344 g/mol. The number of amides is 1. The molecule has 0 saturated heterocycles. The summed E-state index contributed by atoms with van der Waals surface area (Å²) in [6.07, 6.45) is 4.39. The van der Waals surface area contributed by atoms with Gasteiger partial charge in [0.15, 0.2) is 12.3 Å². The molecule has 1 aliphatic heterocycles. The molecule has 0 radical (unpaired) electrons. The molecule has 2 aromatic heterocycles. The standard InChI is InChI=1S/C19H20N6O2/c1-12(20)14-4-3-13-9-16(14)27-11-18(26)22-7-2-6-21-17-5-8-25-19(24-17)15(13)10-23-25/h3-5,8-10H,1-2,6-7,11,20H2,(H,21,24)(H,22,26). The number of carbonyl (C=O) groups excluding carboxylic acids is 1. The average Bonchev–Trinajstić information content (AvgIpc) is 3.08. The second kappa shape index (κ2) is 6.99. The first-order valence-corrected chi connectivity index (χ1v) is 8.69. The highest BCUT2D eigenvalue weighted by atomic mass is 16.5. The predicted molar refractivity (Wildman–Crippen MR) is 103 cm³/mol. The Morgan fingerprint density at radius 1 is 1.26 bits per heavy atom. The number of rotatable bonds is 1. The lowest BCUT2D eigenvalue weighted by atomic mass is 10.0. The minimum absolute atomic E-state index is 0.0907. The van der Waals surface area contributed by atoms with E-state index in [1.807, 2.05) is 30.5 Å². The van der Waals surface area contributed by atoms with Gasteiger partial charge in [-0.25, -0.2) is 9.50 Å². The van der Waals surface area contributed by atoms with Crippen molar-refractivity contribution in [2.45, 2.75) is 6.42 Å². The lowest BCUT2D eigenvalue weighted by Gasteiger charge is -2.13. The summed E-state index contributed by atoms with van der Waals surface area (Å²) in [5, 5.41) is 10.5. The van der Waals surface area contributed by atoms with Crippen molar-refractivity contribution in [2.24, 2.45) is 5.73 Å². The van der Waals surface area contributed by atoms with E-state index in [4.69, 9.17) is 10.5 Å². The number of nitrogens with zero attached hydrogens (tertiary/aromatic N) is 3. The summed E-state index contributed by atoms with van der Waals surface area (Å²) in [4.78, 5) is 16.7. The number of nitrogens with two attached hydrogens (primary N) is 1. The molecule has 3 aromatic rings. The summed E-state index contributed by atoms with van der Waals surface area (Å²) in [6, 6.07) is 7.45. The number of carbonyl (C=O) groups is 1. The number of hydrogen-bond donors (Lipinski definition) is 3. The van der Waals surface area contributed by atoms with Crippen molar-refractivity contribution in [1.82, 2.24) is 19.9 Å². The topological polar surface area (TPSA) is 107 Å². The molecule has 8 heteroatoms. The minimum atomic E-state index is -0.185. The Balaban J connectivity index is 1.83. The number of fused-ring (bicyclic) bond motifs is 4. The van der Waals surface area contributed by atoms with Gasteiger partial charge in [-0.1, -0.05) is 12.6 Å². The van der Waals surface area contributed by atoms with E-state index in [0.29, 0.717) is 30.1 Å². The summed E-state index contributed by atoms with van der Waals surface area (Å²) in [5.74, 6) is 1.07. The highest BCUT2D eigenvalue weighted by Gasteiger charge is 2.14. The molecule has 1 aromatic carbocycles. The maximum Gasteiger partial charge on any atom is 0.257 e. The van der Waals surface area contributed by atoms with Crippen molar-refractivity contribution in [3.8, 4) is 16.9 Å². The predicted octanol–water partition coefficient (Wildman–Crippen LogP) is 1.64. The van der Waals surface area contributed by atoms with E-state index in [0.717, 1.165) is 29.0 Å². The van der Waals surface area contributed by atoms with Gasteiger partial charge in [-0.3, -0.25) is 4.79 Å². The van der Waals surface area contributed by atoms with Crippen molar-refractivity contribution in [1.29, 1.82) is 0 Å². The molecule has 0 unspecified atom stereocenters. The van der Waals surface area contributed by atoms with Crippen molar-refractivity contribution in [2.75, 3.05) is 25.0 Å². The van der Waals surface area contributed by atoms with Crippen LogP contribution in [0.5, 0.6) is 5.75 Å². The van der Waals surface area contributed by atoms with Gasteiger partial charge in [-0.2, -0.15) is 5.10 Å². The number of nitrogens with one attached hydrogen (secondary N) is 2. The zero-order chi connectivity index (χ0) is 18.8. The second-order valence-electron chi connectivity index (χ2n) is 6.29. The van der Waals surface area contributed by atoms with E-state index >= 15 is 0 Å². The third kappa shape index (κ3) is 3.41. The van der Waals surface area contributed by atoms with Gasteiger partial charge in [0.1, 0.15) is 11.6 Å². The van der Waals surface area contributed by atoms with Gasteiger partial charge in [0.05, 0.1) is 6.20 Å². The van der Waals surface area contributed by atoms with Crippen LogP contribution in [-0.2, 0) is 4.79 Å². The van der Waals surface area contributed by atoms with Gasteiger partial charge < -0.3 is 21.1 Å². The molecule has 4 N–H and O–H groups in total. The molecule has 0 atom stereocenters. The first-order valence-electron chi connectivity index (χ1n) is 8.69. The van der Waals surface area contributed by atoms with Crippen molar-refractivity contribution in [3.05, 3.63) is 48.8 Å². The van der Waals surface area contributed by atoms with Crippen LogP contribution >= 0.6 is 0 Å². The monoisotopic (exact) mass is 364 g/mol. The van der Waals surface area contributed by atoms with Gasteiger partial charge in [-0.05, 0) is 30.2 Å². The molecule has 0 aliphatic carbocycles. The summed E-state index contributed by atoms with van der Waals surface area (Å²) < 4.78 is 7.46. The molecule has 1 amide bonds. The van der Waals surface area contributed by atoms with Crippen LogP contribution in [0.15, 0.2) is 43.2 Å². The fourth-order valence-electron chi connectivity index (χ4n) is 2.97. The Kier molecular flexibility index (Phi) is 4.37. The molecule has 138 valence electrons. The fourth-order valence-corrected chi connectivity index (χ4v) is 2.97. The second-order valence-corrected chi connectivity index (χ2v) is 6.29. The lowest BCUT2D eigenvalue weighted by Crippen LogP contribution is -2.30. The third-order valence-electron chi connectivity index (χ3n) is 4.35. The zero-order valence-electron chi connectivity index (χ0n) is 14.7. The third-order valence-corrected chi connectivity index (χ3v) is 4.35. The van der Waals surface area contributed by atoms with Crippen LogP contribution in [0, 0.1) is 0 Å². The SMILES string of the molecule is C=C(N)c1ccc2cc1OCC(=O)NCCCNc1ccn3ncc-2c3n1. The normalized spacial score (nSPS) is 14.6. The maximum absolute atomic E-state index is 12.0. The van der Waals surface area contributed by atoms with Gasteiger partial charge >= 0.3 is 0 Å². The summed E-state index contributed by atoms with van der Waals surface area (Å²) in [7, 11) is 0. The molecule has 4 rings (SSSR count). The fraction of sp³-hybridized carbons (Fsp3) is 0.211. The number of aromatic nitrogens is 3. The quantitative estimate of drug-likeness (QED) is 0.606. The first-order chi connectivity index (χ1) is 13.1. The van der Waals surface area contributed by atoms with Gasteiger partial charge in [0, 0.05) is 36.1 Å². The number of ether oxygens (including phenoxy) is 1. The van der Waals surface area contributed by atoms with Crippen LogP contribution in [0.1, 0.15) is 12.0 Å². The van der Waals surface area contributed by atoms with Gasteiger partial charge in [-0.15, -0.1) is 0 Å². The molecule has 27 heavy (non-hydrogen) atoms. The number of hydrogen-bond acceptors (Lipinski definition) is 6. The largest absolute Gasteiger partial charge is 0.483 e. The molecule has 0 saturated carbocycles. The molecular formula is C19H20N6O2. The Morgan fingerprint density at radius 3 is 2.96 bits per heavy atom. The van der Waals surface area contributed by atoms with Crippen molar-refractivity contribution < 1.29 is 9.53 Å². The Labute approximate surface area is 156 Å². The van der Waals surface area contributed by atoms with E-state index in [1.54, 1.807) is 10.7 Å². The first kappa shape index (κ1) is 16.9. The zero-order valence-corrected chi connectivity index (χ0v) is 14.7. The molecule has 0 spiro atoms. The van der Waals surface area contributed by atoms with Crippen molar-refractivity contribution >= 4 is 23.1 Å². The van der Waals surface area contributed by atoms with Crippen LogP contribution in [0.25, 0.3) is 22.5 Å². The minimum Gasteiger partial charge on any atom is -0.483 e. The van der Waals surface area contributed by atoms with Crippen LogP contribution < -0.4 is 21.1 Å². The smallest absolute Gasteiger partial charge is 0.257 e. The van der Waals surface area contributed by atoms with E-state index in [1.165, 1.54) is 0 Å². The van der Waals surface area contributed by atoms with Gasteiger partial charge in [0.25, 0.3) is 5.91 Å². The summed E-state index contributed by atoms with van der Waals surface area (Å²) in [5.41, 5.74) is 9.36. The van der Waals surface area contributed by atoms with E-state index in [-0.39, 0.29) is 12.5 Å². The van der Waals surface area contributed by atoms with Crippen molar-refractivity contribution in [3.63, 3.8) is 0 Å². The average molecular weight is 364 g/mol. The maximum atomic E-state index is 12.0. The van der Waals surface area contributed by atoms with Crippen LogP contribution in [0.4, 0.5) is 5.82 Å². The van der Waals surface area contributed by atoms with Crippen LogP contribution in [0.2, 0.25) is 0 Å².